The smallest absolute Gasteiger partial charge is 0.153 e. The van der Waals surface area contributed by atoms with Crippen molar-refractivity contribution < 1.29 is 0 Å². The van der Waals surface area contributed by atoms with Crippen LogP contribution in [0.2, 0.25) is 5.15 Å². The summed E-state index contributed by atoms with van der Waals surface area (Å²) < 4.78 is 1.06. The van der Waals surface area contributed by atoms with E-state index in [-0.39, 0.29) is 0 Å². The quantitative estimate of drug-likeness (QED) is 0.617. The van der Waals surface area contributed by atoms with Gasteiger partial charge in [0.15, 0.2) is 5.15 Å². The Kier molecular flexibility index (Phi) is 1.97. The third kappa shape index (κ3) is 1.27. The monoisotopic (exact) mass is 280 g/mol. The zero-order valence-corrected chi connectivity index (χ0v) is 9.93. The zero-order chi connectivity index (χ0) is 10.4. The predicted molar refractivity (Wildman–Crippen MR) is 66.3 cm³/mol. The highest BCUT2D eigenvalue weighted by Crippen LogP contribution is 2.33. The summed E-state index contributed by atoms with van der Waals surface area (Å²) in [4.78, 5) is 7.31. The van der Waals surface area contributed by atoms with Crippen molar-refractivity contribution in [2.45, 2.75) is 0 Å². The molecule has 3 aromatic rings. The molecule has 0 radical (unpaired) electrons. The number of H-pyrrole nitrogens is 1. The van der Waals surface area contributed by atoms with E-state index >= 15 is 0 Å². The van der Waals surface area contributed by atoms with E-state index in [4.69, 9.17) is 11.6 Å². The molecule has 0 aliphatic heterocycles. The van der Waals surface area contributed by atoms with E-state index in [1.54, 1.807) is 6.20 Å². The molecule has 2 heterocycles. The Hall–Kier alpha value is -1.06. The lowest BCUT2D eigenvalue weighted by molar-refractivity contribution is 1.35. The number of hydrogen-bond acceptors (Lipinski definition) is 1. The van der Waals surface area contributed by atoms with Crippen LogP contribution in [0.3, 0.4) is 0 Å². The van der Waals surface area contributed by atoms with Crippen LogP contribution in [-0.2, 0) is 0 Å². The molecule has 0 aliphatic rings. The number of aromatic amines is 1. The summed E-state index contributed by atoms with van der Waals surface area (Å²) >= 11 is 9.56. The van der Waals surface area contributed by atoms with Crippen LogP contribution in [-0.4, -0.2) is 9.97 Å². The molecule has 0 spiro atoms. The molecular weight excluding hydrogens is 275 g/mol. The zero-order valence-electron chi connectivity index (χ0n) is 7.59. The Balaban J connectivity index is 2.65. The summed E-state index contributed by atoms with van der Waals surface area (Å²) in [5, 5.41) is 2.75. The van der Waals surface area contributed by atoms with Crippen LogP contribution in [0.1, 0.15) is 0 Å². The number of benzene rings is 1. The summed E-state index contributed by atoms with van der Waals surface area (Å²) in [6.07, 6.45) is 1.72. The molecular formula is C11H6BrClN2. The van der Waals surface area contributed by atoms with Gasteiger partial charge in [0, 0.05) is 27.0 Å². The van der Waals surface area contributed by atoms with Crippen LogP contribution in [0.25, 0.3) is 21.8 Å². The van der Waals surface area contributed by atoms with Crippen molar-refractivity contribution in [2.24, 2.45) is 0 Å². The number of pyridine rings is 1. The maximum atomic E-state index is 6.02. The maximum Gasteiger partial charge on any atom is 0.153 e. The van der Waals surface area contributed by atoms with Crippen molar-refractivity contribution in [3.8, 4) is 0 Å². The van der Waals surface area contributed by atoms with Gasteiger partial charge in [-0.1, -0.05) is 33.6 Å². The van der Waals surface area contributed by atoms with Gasteiger partial charge in [0.2, 0.25) is 0 Å². The fraction of sp³-hybridized carbons (Fsp3) is 0. The minimum atomic E-state index is 0.510. The molecule has 15 heavy (non-hydrogen) atoms. The van der Waals surface area contributed by atoms with E-state index in [0.717, 1.165) is 26.3 Å². The molecule has 0 saturated heterocycles. The SMILES string of the molecule is Clc1nccc2c1[nH]c1cccc(Br)c12. The van der Waals surface area contributed by atoms with Gasteiger partial charge >= 0.3 is 0 Å². The fourth-order valence-electron chi connectivity index (χ4n) is 1.80. The Morgan fingerprint density at radius 2 is 2.13 bits per heavy atom. The maximum absolute atomic E-state index is 6.02. The van der Waals surface area contributed by atoms with Crippen LogP contribution in [0.4, 0.5) is 0 Å². The fourth-order valence-corrected chi connectivity index (χ4v) is 2.59. The molecule has 1 aromatic carbocycles. The predicted octanol–water partition coefficient (Wildman–Crippen LogP) is 4.13. The second kappa shape index (κ2) is 3.22. The summed E-state index contributed by atoms with van der Waals surface area (Å²) in [5.74, 6) is 0. The second-order valence-electron chi connectivity index (χ2n) is 3.31. The normalized spacial score (nSPS) is 11.3. The average molecular weight is 282 g/mol. The average Bonchev–Trinajstić information content (AvgIpc) is 2.59. The molecule has 0 atom stereocenters. The Morgan fingerprint density at radius 1 is 1.27 bits per heavy atom. The first-order chi connectivity index (χ1) is 7.27. The topological polar surface area (TPSA) is 28.7 Å². The van der Waals surface area contributed by atoms with Gasteiger partial charge in [-0.05, 0) is 18.2 Å². The van der Waals surface area contributed by atoms with E-state index in [0.29, 0.717) is 5.15 Å². The van der Waals surface area contributed by atoms with Crippen LogP contribution >= 0.6 is 27.5 Å². The molecule has 0 bridgehead atoms. The number of hydrogen-bond donors (Lipinski definition) is 1. The lowest BCUT2D eigenvalue weighted by Gasteiger charge is -1.94. The molecule has 0 amide bonds. The van der Waals surface area contributed by atoms with Gasteiger partial charge in [0.25, 0.3) is 0 Å². The Morgan fingerprint density at radius 3 is 3.00 bits per heavy atom. The van der Waals surface area contributed by atoms with E-state index in [1.165, 1.54) is 0 Å². The molecule has 2 aromatic heterocycles. The van der Waals surface area contributed by atoms with Gasteiger partial charge in [-0.15, -0.1) is 0 Å². The van der Waals surface area contributed by atoms with Gasteiger partial charge in [-0.2, -0.15) is 0 Å². The van der Waals surface area contributed by atoms with E-state index in [9.17, 15) is 0 Å². The largest absolute Gasteiger partial charge is 0.352 e. The molecule has 0 saturated carbocycles. The van der Waals surface area contributed by atoms with Gasteiger partial charge < -0.3 is 4.98 Å². The number of aromatic nitrogens is 2. The van der Waals surface area contributed by atoms with Crippen molar-refractivity contribution >= 4 is 49.3 Å². The van der Waals surface area contributed by atoms with E-state index in [2.05, 4.69) is 25.9 Å². The van der Waals surface area contributed by atoms with Gasteiger partial charge in [0.1, 0.15) is 0 Å². The van der Waals surface area contributed by atoms with Crippen LogP contribution in [0.5, 0.6) is 0 Å². The number of nitrogens with one attached hydrogen (secondary N) is 1. The first-order valence-corrected chi connectivity index (χ1v) is 5.65. The van der Waals surface area contributed by atoms with Gasteiger partial charge in [-0.25, -0.2) is 4.98 Å². The van der Waals surface area contributed by atoms with Crippen LogP contribution < -0.4 is 0 Å². The van der Waals surface area contributed by atoms with Crippen molar-refractivity contribution in [3.05, 3.63) is 40.1 Å². The third-order valence-electron chi connectivity index (χ3n) is 2.45. The highest BCUT2D eigenvalue weighted by Gasteiger charge is 2.09. The van der Waals surface area contributed by atoms with Crippen molar-refractivity contribution in [1.82, 2.24) is 9.97 Å². The summed E-state index contributed by atoms with van der Waals surface area (Å²) in [5.41, 5.74) is 1.95. The van der Waals surface area contributed by atoms with Gasteiger partial charge in [0.05, 0.1) is 5.52 Å². The Bertz CT molecular complexity index is 660. The molecule has 0 unspecified atom stereocenters. The van der Waals surface area contributed by atoms with Crippen LogP contribution in [0, 0.1) is 0 Å². The minimum Gasteiger partial charge on any atom is -0.352 e. The molecule has 2 nitrogen and oxygen atoms in total. The summed E-state index contributed by atoms with van der Waals surface area (Å²) in [6.45, 7) is 0. The molecule has 0 fully saturated rings. The van der Waals surface area contributed by atoms with E-state index < -0.39 is 0 Å². The Labute approximate surface area is 99.4 Å². The number of halogens is 2. The van der Waals surface area contributed by atoms with Gasteiger partial charge in [-0.3, -0.25) is 0 Å². The van der Waals surface area contributed by atoms with Crippen molar-refractivity contribution in [1.29, 1.82) is 0 Å². The highest BCUT2D eigenvalue weighted by atomic mass is 79.9. The lowest BCUT2D eigenvalue weighted by Crippen LogP contribution is -1.74. The second-order valence-corrected chi connectivity index (χ2v) is 4.52. The van der Waals surface area contributed by atoms with Crippen molar-refractivity contribution in [2.75, 3.05) is 0 Å². The molecule has 74 valence electrons. The summed E-state index contributed by atoms with van der Waals surface area (Å²) in [6, 6.07) is 7.99. The number of rotatable bonds is 0. The molecule has 1 N–H and O–H groups in total. The standard InChI is InChI=1S/C11H6BrClN2/c12-7-2-1-3-8-9(7)6-4-5-14-11(13)10(6)15-8/h1-5,15H. The highest BCUT2D eigenvalue weighted by molar-refractivity contribution is 9.10. The number of fused-ring (bicyclic) bond motifs is 3. The molecule has 4 heteroatoms. The third-order valence-corrected chi connectivity index (χ3v) is 3.39. The minimum absolute atomic E-state index is 0.510. The lowest BCUT2D eigenvalue weighted by atomic mass is 10.2. The van der Waals surface area contributed by atoms with E-state index in [1.807, 2.05) is 24.3 Å². The molecule has 0 aliphatic carbocycles. The molecule has 3 rings (SSSR count). The summed E-state index contributed by atoms with van der Waals surface area (Å²) in [7, 11) is 0. The first kappa shape index (κ1) is 9.19. The first-order valence-electron chi connectivity index (χ1n) is 4.48. The van der Waals surface area contributed by atoms with Crippen molar-refractivity contribution in [3.63, 3.8) is 0 Å². The number of nitrogens with zero attached hydrogens (tertiary/aromatic N) is 1. The van der Waals surface area contributed by atoms with Crippen LogP contribution in [0.15, 0.2) is 34.9 Å².